The fourth-order valence-electron chi connectivity index (χ4n) is 10.1. The molecule has 45 heavy (non-hydrogen) atoms. The van der Waals surface area contributed by atoms with Crippen LogP contribution in [-0.2, 0) is 17.6 Å². The number of benzene rings is 2. The number of carbonyl (C=O) groups excluding carboxylic acids is 2. The van der Waals surface area contributed by atoms with Crippen molar-refractivity contribution in [3.05, 3.63) is 88.8 Å². The van der Waals surface area contributed by atoms with Crippen molar-refractivity contribution in [3.8, 4) is 5.69 Å². The summed E-state index contributed by atoms with van der Waals surface area (Å²) < 4.78 is 1.97. The van der Waals surface area contributed by atoms with Gasteiger partial charge in [-0.25, -0.2) is 4.68 Å². The number of Topliss-reactive ketones (excluding diaryl/α,β-unsaturated/α-hetero) is 2. The van der Waals surface area contributed by atoms with Crippen molar-refractivity contribution < 1.29 is 19.8 Å². The summed E-state index contributed by atoms with van der Waals surface area (Å²) in [6.07, 6.45) is 10.5. The van der Waals surface area contributed by atoms with Gasteiger partial charge in [0.2, 0.25) is 0 Å². The van der Waals surface area contributed by atoms with Crippen LogP contribution in [0.5, 0.6) is 0 Å². The molecule has 1 heterocycles. The highest BCUT2D eigenvalue weighted by Crippen LogP contribution is 2.67. The summed E-state index contributed by atoms with van der Waals surface area (Å²) >= 11 is 0. The number of nitrogens with zero attached hydrogens (tertiary/aromatic N) is 2. The summed E-state index contributed by atoms with van der Waals surface area (Å²) in [5, 5.41) is 28.5. The predicted molar refractivity (Wildman–Crippen MR) is 175 cm³/mol. The van der Waals surface area contributed by atoms with Gasteiger partial charge < -0.3 is 10.2 Å². The highest BCUT2D eigenvalue weighted by molar-refractivity contribution is 5.96. The minimum Gasteiger partial charge on any atom is -0.393 e. The number of hydrogen-bond donors (Lipinski definition) is 2. The van der Waals surface area contributed by atoms with Crippen LogP contribution in [0.4, 0.5) is 0 Å². The Morgan fingerprint density at radius 3 is 2.62 bits per heavy atom. The number of rotatable bonds is 8. The zero-order chi connectivity index (χ0) is 31.6. The average Bonchev–Trinajstić information content (AvgIpc) is 3.56. The molecular formula is C39H46N2O4. The Morgan fingerprint density at radius 2 is 1.84 bits per heavy atom. The Labute approximate surface area is 266 Å². The lowest BCUT2D eigenvalue weighted by Gasteiger charge is -2.60. The van der Waals surface area contributed by atoms with Crippen molar-refractivity contribution in [2.75, 3.05) is 0 Å². The minimum absolute atomic E-state index is 0.0417. The van der Waals surface area contributed by atoms with Crippen LogP contribution >= 0.6 is 0 Å². The molecule has 0 saturated heterocycles. The molecule has 2 N–H and O–H groups in total. The lowest BCUT2D eigenvalue weighted by atomic mass is 9.45. The number of aromatic nitrogens is 2. The molecule has 7 rings (SSSR count). The highest BCUT2D eigenvalue weighted by atomic mass is 16.3. The SMILES string of the molecule is CCCC(=O)[C@@]1(O)CCC2C3CCC4=Cc5c(cnn5-c5cccc(C(=O)CCc6ccccc6)c5)C[C@]4(C)C3[C@@H](O)C[C@@]21C. The van der Waals surface area contributed by atoms with Gasteiger partial charge in [0, 0.05) is 23.8 Å². The van der Waals surface area contributed by atoms with E-state index in [1.54, 1.807) is 0 Å². The molecule has 0 aliphatic heterocycles. The molecule has 0 amide bonds. The van der Waals surface area contributed by atoms with Crippen LogP contribution in [0, 0.1) is 28.6 Å². The van der Waals surface area contributed by atoms with Crippen molar-refractivity contribution in [1.82, 2.24) is 9.78 Å². The Kier molecular flexibility index (Phi) is 7.52. The van der Waals surface area contributed by atoms with Crippen molar-refractivity contribution in [2.24, 2.45) is 28.6 Å². The maximum absolute atomic E-state index is 13.2. The second-order valence-corrected chi connectivity index (χ2v) is 14.8. The summed E-state index contributed by atoms with van der Waals surface area (Å²) in [6, 6.07) is 17.9. The third-order valence-electron chi connectivity index (χ3n) is 12.4. The van der Waals surface area contributed by atoms with Gasteiger partial charge in [-0.15, -0.1) is 0 Å². The second-order valence-electron chi connectivity index (χ2n) is 14.8. The molecular weight excluding hydrogens is 560 g/mol. The molecule has 236 valence electrons. The topological polar surface area (TPSA) is 92.4 Å². The molecule has 2 aromatic carbocycles. The molecule has 4 aliphatic rings. The first kappa shape index (κ1) is 30.3. The van der Waals surface area contributed by atoms with E-state index in [-0.39, 0.29) is 34.7 Å². The van der Waals surface area contributed by atoms with Crippen molar-refractivity contribution in [3.63, 3.8) is 0 Å². The molecule has 0 bridgehead atoms. The number of carbonyl (C=O) groups is 2. The summed E-state index contributed by atoms with van der Waals surface area (Å²) in [5.74, 6) is 0.640. The van der Waals surface area contributed by atoms with Crippen molar-refractivity contribution in [1.29, 1.82) is 0 Å². The molecule has 3 saturated carbocycles. The van der Waals surface area contributed by atoms with E-state index in [0.717, 1.165) is 54.6 Å². The maximum Gasteiger partial charge on any atom is 0.164 e. The predicted octanol–water partition coefficient (Wildman–Crippen LogP) is 6.94. The van der Waals surface area contributed by atoms with Gasteiger partial charge in [-0.05, 0) is 104 Å². The van der Waals surface area contributed by atoms with E-state index < -0.39 is 17.1 Å². The number of allylic oxidation sites excluding steroid dienone is 1. The van der Waals surface area contributed by atoms with E-state index in [0.29, 0.717) is 37.7 Å². The molecule has 3 fully saturated rings. The Morgan fingerprint density at radius 1 is 1.04 bits per heavy atom. The fourth-order valence-corrected chi connectivity index (χ4v) is 10.1. The van der Waals surface area contributed by atoms with Gasteiger partial charge in [0.15, 0.2) is 11.6 Å². The molecule has 3 aromatic rings. The number of ketones is 2. The number of aliphatic hydroxyl groups is 2. The zero-order valence-electron chi connectivity index (χ0n) is 26.8. The van der Waals surface area contributed by atoms with Crippen molar-refractivity contribution in [2.45, 2.75) is 96.7 Å². The van der Waals surface area contributed by atoms with E-state index >= 15 is 0 Å². The van der Waals surface area contributed by atoms with Crippen LogP contribution in [0.2, 0.25) is 0 Å². The summed E-state index contributed by atoms with van der Waals surface area (Å²) in [5.41, 5.74) is 4.17. The molecule has 1 aromatic heterocycles. The van der Waals surface area contributed by atoms with Gasteiger partial charge in [0.05, 0.1) is 23.7 Å². The van der Waals surface area contributed by atoms with E-state index in [2.05, 4.69) is 32.1 Å². The Hall–Kier alpha value is -3.35. The summed E-state index contributed by atoms with van der Waals surface area (Å²) in [6.45, 7) is 6.38. The quantitative estimate of drug-likeness (QED) is 0.271. The van der Waals surface area contributed by atoms with Gasteiger partial charge >= 0.3 is 0 Å². The molecule has 0 spiro atoms. The standard InChI is InChI=1S/C39H46N2O4/c1-4-9-35(44)39(45)19-18-31-30-16-15-28-21-32-27(22-37(28,2)36(30)34(43)23-38(31,39)3)24-40-41(32)29-13-8-12-26(20-29)33(42)17-14-25-10-6-5-7-11-25/h5-8,10-13,20-21,24,30-31,34,36,43,45H,4,9,14-19,22-23H2,1-3H3/t30?,31?,34-,36?,37-,38-,39-/m0/s1. The van der Waals surface area contributed by atoms with E-state index in [9.17, 15) is 19.8 Å². The molecule has 7 atom stereocenters. The molecule has 0 radical (unpaired) electrons. The maximum atomic E-state index is 13.2. The second kappa shape index (κ2) is 11.2. The zero-order valence-corrected chi connectivity index (χ0v) is 26.8. The Balaban J connectivity index is 1.14. The lowest BCUT2D eigenvalue weighted by molar-refractivity contribution is -0.179. The molecule has 3 unspecified atom stereocenters. The average molecular weight is 607 g/mol. The summed E-state index contributed by atoms with van der Waals surface area (Å²) in [4.78, 5) is 26.4. The lowest BCUT2D eigenvalue weighted by Crippen LogP contribution is -2.61. The van der Waals surface area contributed by atoms with Gasteiger partial charge in [-0.3, -0.25) is 9.59 Å². The van der Waals surface area contributed by atoms with Crippen LogP contribution in [0.3, 0.4) is 0 Å². The number of hydrogen-bond acceptors (Lipinski definition) is 5. The number of aryl methyl sites for hydroxylation is 1. The van der Waals surface area contributed by atoms with Gasteiger partial charge in [0.1, 0.15) is 5.60 Å². The van der Waals surface area contributed by atoms with Crippen molar-refractivity contribution >= 4 is 17.6 Å². The van der Waals surface area contributed by atoms with Crippen LogP contribution in [0.15, 0.2) is 66.4 Å². The van der Waals surface area contributed by atoms with Crippen LogP contribution in [0.1, 0.15) is 99.3 Å². The summed E-state index contributed by atoms with van der Waals surface area (Å²) in [7, 11) is 0. The van der Waals surface area contributed by atoms with Crippen LogP contribution in [-0.4, -0.2) is 43.3 Å². The monoisotopic (exact) mass is 606 g/mol. The fraction of sp³-hybridized carbons (Fsp3) is 0.513. The molecule has 6 nitrogen and oxygen atoms in total. The third-order valence-corrected chi connectivity index (χ3v) is 12.4. The molecule has 4 aliphatic carbocycles. The molecule has 6 heteroatoms. The van der Waals surface area contributed by atoms with Gasteiger partial charge in [-0.2, -0.15) is 5.10 Å². The number of fused-ring (bicyclic) bond motifs is 6. The van der Waals surface area contributed by atoms with Gasteiger partial charge in [0.25, 0.3) is 0 Å². The highest BCUT2D eigenvalue weighted by Gasteiger charge is 2.68. The normalized spacial score (nSPS) is 33.4. The van der Waals surface area contributed by atoms with E-state index in [4.69, 9.17) is 5.10 Å². The minimum atomic E-state index is -1.34. The first-order valence-electron chi connectivity index (χ1n) is 17.0. The number of aliphatic hydroxyl groups excluding tert-OH is 1. The largest absolute Gasteiger partial charge is 0.393 e. The first-order chi connectivity index (χ1) is 21.6. The van der Waals surface area contributed by atoms with Crippen LogP contribution in [0.25, 0.3) is 11.8 Å². The Bertz CT molecular complexity index is 1660. The first-order valence-corrected chi connectivity index (χ1v) is 17.0. The van der Waals surface area contributed by atoms with E-state index in [1.807, 2.05) is 60.3 Å². The van der Waals surface area contributed by atoms with Crippen LogP contribution < -0.4 is 0 Å². The smallest absolute Gasteiger partial charge is 0.164 e. The van der Waals surface area contributed by atoms with Gasteiger partial charge in [-0.1, -0.05) is 68.8 Å². The third kappa shape index (κ3) is 4.70. The van der Waals surface area contributed by atoms with E-state index in [1.165, 1.54) is 5.57 Å².